The van der Waals surface area contributed by atoms with Gasteiger partial charge in [0.2, 0.25) is 0 Å². The van der Waals surface area contributed by atoms with E-state index in [9.17, 15) is 9.18 Å². The number of aromatic nitrogens is 2. The Bertz CT molecular complexity index is 1250. The zero-order valence-corrected chi connectivity index (χ0v) is 20.1. The maximum absolute atomic E-state index is 13.6. The first-order valence-electron chi connectivity index (χ1n) is 11.4. The Morgan fingerprint density at radius 2 is 1.74 bits per heavy atom. The van der Waals surface area contributed by atoms with Crippen molar-refractivity contribution >= 4 is 40.8 Å². The van der Waals surface area contributed by atoms with Gasteiger partial charge in [-0.2, -0.15) is 5.10 Å². The molecule has 0 aliphatic carbocycles. The predicted octanol–water partition coefficient (Wildman–Crippen LogP) is 6.41. The van der Waals surface area contributed by atoms with E-state index in [1.54, 1.807) is 35.0 Å². The molecule has 2 aliphatic heterocycles. The van der Waals surface area contributed by atoms with Crippen LogP contribution in [0.25, 0.3) is 17.3 Å². The minimum atomic E-state index is -0.300. The number of likely N-dealkylation sites (tertiary alicyclic amines) is 1. The summed E-state index contributed by atoms with van der Waals surface area (Å²) >= 11 is 12.7. The second kappa shape index (κ2) is 9.90. The largest absolute Gasteiger partial charge is 0.372 e. The van der Waals surface area contributed by atoms with Gasteiger partial charge in [-0.25, -0.2) is 9.07 Å². The van der Waals surface area contributed by atoms with Gasteiger partial charge in [-0.1, -0.05) is 48.2 Å². The molecular weight excluding hydrogens is 476 g/mol. The van der Waals surface area contributed by atoms with Crippen LogP contribution in [0.1, 0.15) is 53.0 Å². The smallest absolute Gasteiger partial charge is 0.274 e. The van der Waals surface area contributed by atoms with Crippen LogP contribution < -0.4 is 0 Å². The van der Waals surface area contributed by atoms with Gasteiger partial charge in [0.15, 0.2) is 5.69 Å². The van der Waals surface area contributed by atoms with Gasteiger partial charge < -0.3 is 9.64 Å². The molecule has 0 atom stereocenters. The molecule has 176 valence electrons. The lowest BCUT2D eigenvalue weighted by atomic mass is 10.0. The average molecular weight is 500 g/mol. The summed E-state index contributed by atoms with van der Waals surface area (Å²) in [6.07, 6.45) is 6.17. The molecule has 5 rings (SSSR count). The summed E-state index contributed by atoms with van der Waals surface area (Å²) in [4.78, 5) is 15.5. The normalized spacial score (nSPS) is 17.5. The molecule has 8 heteroatoms. The Balaban J connectivity index is 1.66. The molecule has 1 aromatic heterocycles. The van der Waals surface area contributed by atoms with E-state index < -0.39 is 0 Å². The molecule has 0 unspecified atom stereocenters. The lowest BCUT2D eigenvalue weighted by Gasteiger charge is -2.21. The third-order valence-corrected chi connectivity index (χ3v) is 6.77. The molecule has 34 heavy (non-hydrogen) atoms. The Labute approximate surface area is 207 Å². The van der Waals surface area contributed by atoms with Crippen molar-refractivity contribution < 1.29 is 13.9 Å². The summed E-state index contributed by atoms with van der Waals surface area (Å²) in [5, 5.41) is 5.73. The zero-order chi connectivity index (χ0) is 23.7. The Morgan fingerprint density at radius 3 is 2.44 bits per heavy atom. The molecule has 0 saturated carbocycles. The highest BCUT2D eigenvalue weighted by Crippen LogP contribution is 2.35. The zero-order valence-electron chi connectivity index (χ0n) is 18.6. The van der Waals surface area contributed by atoms with E-state index >= 15 is 0 Å². The van der Waals surface area contributed by atoms with Crippen molar-refractivity contribution in [2.45, 2.75) is 32.3 Å². The molecule has 2 aliphatic rings. The highest BCUT2D eigenvalue weighted by molar-refractivity contribution is 6.35. The standard InChI is InChI=1S/C26H24Cl2FN3O2/c27-19-7-10-23(22(28)14-19)32-25-18(13-17-5-8-20(29)9-6-17)15-34-16-21(25)24(30-32)26(33)31-11-3-1-2-4-12-31/h5-10,13-14H,1-4,11-12,15-16H2. The summed E-state index contributed by atoms with van der Waals surface area (Å²) in [5.74, 6) is -0.389. The van der Waals surface area contributed by atoms with Crippen molar-refractivity contribution in [3.8, 4) is 5.69 Å². The number of hydrogen-bond donors (Lipinski definition) is 0. The fourth-order valence-electron chi connectivity index (χ4n) is 4.54. The summed E-state index contributed by atoms with van der Waals surface area (Å²) in [6, 6.07) is 11.4. The van der Waals surface area contributed by atoms with Crippen LogP contribution in [0.15, 0.2) is 42.5 Å². The quantitative estimate of drug-likeness (QED) is 0.418. The molecule has 0 spiro atoms. The molecule has 1 saturated heterocycles. The molecule has 0 bridgehead atoms. The van der Waals surface area contributed by atoms with E-state index in [1.165, 1.54) is 12.1 Å². The Morgan fingerprint density at radius 1 is 1.00 bits per heavy atom. The molecule has 0 radical (unpaired) electrons. The van der Waals surface area contributed by atoms with Gasteiger partial charge in [0.1, 0.15) is 5.82 Å². The van der Waals surface area contributed by atoms with Gasteiger partial charge in [0, 0.05) is 29.2 Å². The van der Waals surface area contributed by atoms with E-state index in [0.717, 1.165) is 61.2 Å². The first-order valence-corrected chi connectivity index (χ1v) is 12.2. The topological polar surface area (TPSA) is 47.4 Å². The van der Waals surface area contributed by atoms with Crippen molar-refractivity contribution in [1.82, 2.24) is 14.7 Å². The molecule has 1 fully saturated rings. The average Bonchev–Trinajstić information content (AvgIpc) is 3.01. The van der Waals surface area contributed by atoms with Gasteiger partial charge in [0.25, 0.3) is 5.91 Å². The van der Waals surface area contributed by atoms with Gasteiger partial charge in [-0.05, 0) is 54.8 Å². The molecular formula is C26H24Cl2FN3O2. The van der Waals surface area contributed by atoms with E-state index in [0.29, 0.717) is 28.0 Å². The van der Waals surface area contributed by atoms with Crippen molar-refractivity contribution in [3.63, 3.8) is 0 Å². The van der Waals surface area contributed by atoms with Crippen molar-refractivity contribution in [1.29, 1.82) is 0 Å². The van der Waals surface area contributed by atoms with Gasteiger partial charge in [-0.3, -0.25) is 4.79 Å². The Kier molecular flexibility index (Phi) is 6.73. The summed E-state index contributed by atoms with van der Waals surface area (Å²) in [7, 11) is 0. The third kappa shape index (κ3) is 4.63. The third-order valence-electron chi connectivity index (χ3n) is 6.24. The van der Waals surface area contributed by atoms with Gasteiger partial charge in [-0.15, -0.1) is 0 Å². The van der Waals surface area contributed by atoms with Crippen LogP contribution in [0.2, 0.25) is 10.0 Å². The molecule has 1 amide bonds. The van der Waals surface area contributed by atoms with Crippen LogP contribution in [0.5, 0.6) is 0 Å². The summed E-state index contributed by atoms with van der Waals surface area (Å²) < 4.78 is 21.0. The van der Waals surface area contributed by atoms with Crippen molar-refractivity contribution in [2.24, 2.45) is 0 Å². The summed E-state index contributed by atoms with van der Waals surface area (Å²) in [5.41, 5.74) is 4.18. The number of benzene rings is 2. The van der Waals surface area contributed by atoms with Gasteiger partial charge >= 0.3 is 0 Å². The first-order chi connectivity index (χ1) is 16.5. The Hall–Kier alpha value is -2.67. The minimum Gasteiger partial charge on any atom is -0.372 e. The van der Waals surface area contributed by atoms with Crippen molar-refractivity contribution in [2.75, 3.05) is 19.7 Å². The van der Waals surface area contributed by atoms with E-state index in [-0.39, 0.29) is 18.3 Å². The fraction of sp³-hybridized carbons (Fsp3) is 0.308. The highest BCUT2D eigenvalue weighted by atomic mass is 35.5. The maximum Gasteiger partial charge on any atom is 0.274 e. The number of carbonyl (C=O) groups excluding carboxylic acids is 1. The van der Waals surface area contributed by atoms with Gasteiger partial charge in [0.05, 0.1) is 29.6 Å². The maximum atomic E-state index is 13.6. The van der Waals surface area contributed by atoms with Crippen LogP contribution in [-0.4, -0.2) is 40.3 Å². The van der Waals surface area contributed by atoms with Crippen LogP contribution in [0, 0.1) is 5.82 Å². The molecule has 3 heterocycles. The second-order valence-electron chi connectivity index (χ2n) is 8.60. The number of rotatable bonds is 3. The van der Waals surface area contributed by atoms with Crippen LogP contribution in [0.4, 0.5) is 4.39 Å². The molecule has 2 aromatic carbocycles. The molecule has 0 N–H and O–H groups in total. The number of ether oxygens (including phenoxy) is 1. The lowest BCUT2D eigenvalue weighted by molar-refractivity contribution is 0.0748. The van der Waals surface area contributed by atoms with E-state index in [2.05, 4.69) is 0 Å². The van der Waals surface area contributed by atoms with Crippen LogP contribution in [-0.2, 0) is 11.3 Å². The van der Waals surface area contributed by atoms with Crippen LogP contribution >= 0.6 is 23.2 Å². The molecule has 3 aromatic rings. The fourth-order valence-corrected chi connectivity index (χ4v) is 5.03. The van der Waals surface area contributed by atoms with E-state index in [4.69, 9.17) is 33.0 Å². The highest BCUT2D eigenvalue weighted by Gasteiger charge is 2.32. The number of amides is 1. The molecule has 5 nitrogen and oxygen atoms in total. The number of carbonyl (C=O) groups is 1. The number of hydrogen-bond acceptors (Lipinski definition) is 3. The monoisotopic (exact) mass is 499 g/mol. The van der Waals surface area contributed by atoms with Crippen molar-refractivity contribution in [3.05, 3.63) is 80.8 Å². The first kappa shape index (κ1) is 23.1. The van der Waals surface area contributed by atoms with Crippen LogP contribution in [0.3, 0.4) is 0 Å². The van der Waals surface area contributed by atoms with E-state index in [1.807, 2.05) is 11.0 Å². The number of halogens is 3. The second-order valence-corrected chi connectivity index (χ2v) is 9.45. The SMILES string of the molecule is O=C(c1nn(-c2ccc(Cl)cc2Cl)c2c1COCC2=Cc1ccc(F)cc1)N1CCCCCC1. The summed E-state index contributed by atoms with van der Waals surface area (Å²) in [6.45, 7) is 2.05. The number of fused-ring (bicyclic) bond motifs is 1. The predicted molar refractivity (Wildman–Crippen MR) is 132 cm³/mol. The number of nitrogens with zero attached hydrogens (tertiary/aromatic N) is 3. The minimum absolute atomic E-state index is 0.0892. The lowest BCUT2D eigenvalue weighted by Crippen LogP contribution is -2.33.